The number of likely N-dealkylation sites (N-methyl/N-ethyl adjacent to an activating group) is 1. The highest BCUT2D eigenvalue weighted by Crippen LogP contribution is 2.58. The van der Waals surface area contributed by atoms with E-state index in [1.165, 1.54) is 37.3 Å². The Morgan fingerprint density at radius 2 is 1.84 bits per heavy atom. The summed E-state index contributed by atoms with van der Waals surface area (Å²) in [6.07, 6.45) is 4.83. The maximum atomic E-state index is 13.5. The first-order valence-corrected chi connectivity index (χ1v) is 7.56. The van der Waals surface area contributed by atoms with Crippen molar-refractivity contribution >= 4 is 0 Å². The normalized spacial score (nSPS) is 20.0. The SMILES string of the molecule is CCNCC1(c2cccc(F)c2)CC(CC)(CC)C1. The van der Waals surface area contributed by atoms with Crippen molar-refractivity contribution in [1.82, 2.24) is 5.32 Å². The molecule has 0 atom stereocenters. The lowest BCUT2D eigenvalue weighted by atomic mass is 9.48. The summed E-state index contributed by atoms with van der Waals surface area (Å²) in [5, 5.41) is 3.47. The molecule has 0 spiro atoms. The molecule has 0 aliphatic heterocycles. The second kappa shape index (κ2) is 5.62. The van der Waals surface area contributed by atoms with E-state index in [4.69, 9.17) is 0 Å². The predicted molar refractivity (Wildman–Crippen MR) is 78.9 cm³/mol. The Hall–Kier alpha value is -0.890. The van der Waals surface area contributed by atoms with E-state index in [2.05, 4.69) is 32.2 Å². The quantitative estimate of drug-likeness (QED) is 0.808. The molecule has 0 heterocycles. The van der Waals surface area contributed by atoms with Crippen LogP contribution in [0.15, 0.2) is 24.3 Å². The summed E-state index contributed by atoms with van der Waals surface area (Å²) >= 11 is 0. The predicted octanol–water partition coefficient (Wildman–Crippen LogP) is 4.27. The lowest BCUT2D eigenvalue weighted by Crippen LogP contribution is -2.54. The van der Waals surface area contributed by atoms with Crippen LogP contribution >= 0.6 is 0 Å². The molecule has 2 heteroatoms. The highest BCUT2D eigenvalue weighted by Gasteiger charge is 2.52. The largest absolute Gasteiger partial charge is 0.316 e. The van der Waals surface area contributed by atoms with Gasteiger partial charge in [0.25, 0.3) is 0 Å². The summed E-state index contributed by atoms with van der Waals surface area (Å²) in [5.74, 6) is -0.112. The smallest absolute Gasteiger partial charge is 0.123 e. The third-order valence-corrected chi connectivity index (χ3v) is 5.08. The Morgan fingerprint density at radius 3 is 2.37 bits per heavy atom. The van der Waals surface area contributed by atoms with Crippen molar-refractivity contribution in [2.75, 3.05) is 13.1 Å². The number of halogens is 1. The molecule has 106 valence electrons. The van der Waals surface area contributed by atoms with Gasteiger partial charge in [-0.25, -0.2) is 4.39 Å². The third-order valence-electron chi connectivity index (χ3n) is 5.08. The van der Waals surface area contributed by atoms with Gasteiger partial charge in [0.05, 0.1) is 0 Å². The maximum Gasteiger partial charge on any atom is 0.123 e. The molecule has 1 aliphatic rings. The van der Waals surface area contributed by atoms with Gasteiger partial charge in [0.1, 0.15) is 5.82 Å². The van der Waals surface area contributed by atoms with Crippen LogP contribution in [0.5, 0.6) is 0 Å². The number of rotatable bonds is 6. The summed E-state index contributed by atoms with van der Waals surface area (Å²) in [6.45, 7) is 8.64. The van der Waals surface area contributed by atoms with Crippen LogP contribution in [-0.2, 0) is 5.41 Å². The molecule has 1 nitrogen and oxygen atoms in total. The number of hydrogen-bond donors (Lipinski definition) is 1. The first kappa shape index (κ1) is 14.5. The Labute approximate surface area is 116 Å². The van der Waals surface area contributed by atoms with E-state index in [0.29, 0.717) is 5.41 Å². The van der Waals surface area contributed by atoms with Crippen LogP contribution in [-0.4, -0.2) is 13.1 Å². The molecule has 1 saturated carbocycles. The van der Waals surface area contributed by atoms with Crippen molar-refractivity contribution < 1.29 is 4.39 Å². The Balaban J connectivity index is 2.23. The zero-order valence-corrected chi connectivity index (χ0v) is 12.4. The molecule has 0 amide bonds. The maximum absolute atomic E-state index is 13.5. The minimum Gasteiger partial charge on any atom is -0.316 e. The molecule has 1 aromatic carbocycles. The van der Waals surface area contributed by atoms with Crippen LogP contribution in [0.2, 0.25) is 0 Å². The zero-order chi connectivity index (χ0) is 13.9. The second-order valence-electron chi connectivity index (χ2n) is 6.13. The molecular weight excluding hydrogens is 237 g/mol. The van der Waals surface area contributed by atoms with Crippen molar-refractivity contribution in [3.05, 3.63) is 35.6 Å². The van der Waals surface area contributed by atoms with E-state index in [1.807, 2.05) is 6.07 Å². The van der Waals surface area contributed by atoms with Crippen molar-refractivity contribution in [1.29, 1.82) is 0 Å². The average molecular weight is 263 g/mol. The van der Waals surface area contributed by atoms with E-state index in [1.54, 1.807) is 6.07 Å². The van der Waals surface area contributed by atoms with Gasteiger partial charge < -0.3 is 5.32 Å². The minimum absolute atomic E-state index is 0.112. The minimum atomic E-state index is -0.112. The molecule has 19 heavy (non-hydrogen) atoms. The first-order valence-electron chi connectivity index (χ1n) is 7.56. The Bertz CT molecular complexity index is 415. The summed E-state index contributed by atoms with van der Waals surface area (Å²) < 4.78 is 13.5. The molecule has 2 rings (SSSR count). The lowest BCUT2D eigenvalue weighted by molar-refractivity contribution is 0.0130. The van der Waals surface area contributed by atoms with Gasteiger partial charge in [-0.15, -0.1) is 0 Å². The van der Waals surface area contributed by atoms with Crippen LogP contribution in [0, 0.1) is 11.2 Å². The van der Waals surface area contributed by atoms with Crippen molar-refractivity contribution in [3.63, 3.8) is 0 Å². The van der Waals surface area contributed by atoms with Gasteiger partial charge in [0.15, 0.2) is 0 Å². The molecule has 0 radical (unpaired) electrons. The molecule has 1 aliphatic carbocycles. The third kappa shape index (κ3) is 2.69. The molecule has 0 unspecified atom stereocenters. The van der Waals surface area contributed by atoms with Crippen LogP contribution < -0.4 is 5.32 Å². The van der Waals surface area contributed by atoms with E-state index >= 15 is 0 Å². The molecule has 1 N–H and O–H groups in total. The molecule has 0 bridgehead atoms. The van der Waals surface area contributed by atoms with Gasteiger partial charge >= 0.3 is 0 Å². The highest BCUT2D eigenvalue weighted by atomic mass is 19.1. The van der Waals surface area contributed by atoms with E-state index < -0.39 is 0 Å². The Kier molecular flexibility index (Phi) is 4.29. The highest BCUT2D eigenvalue weighted by molar-refractivity contribution is 5.32. The fraction of sp³-hybridized carbons (Fsp3) is 0.647. The summed E-state index contributed by atoms with van der Waals surface area (Å²) in [4.78, 5) is 0. The molecular formula is C17H26FN. The first-order chi connectivity index (χ1) is 9.10. The standard InChI is InChI=1S/C17H26FN/c1-4-16(5-2)11-17(12-16,13-19-6-3)14-8-7-9-15(18)10-14/h7-10,19H,4-6,11-13H2,1-3H3. The fourth-order valence-corrected chi connectivity index (χ4v) is 3.75. The molecule has 0 aromatic heterocycles. The fourth-order valence-electron chi connectivity index (χ4n) is 3.75. The van der Waals surface area contributed by atoms with Gasteiger partial charge in [-0.2, -0.15) is 0 Å². The topological polar surface area (TPSA) is 12.0 Å². The van der Waals surface area contributed by atoms with Gasteiger partial charge in [-0.05, 0) is 42.5 Å². The summed E-state index contributed by atoms with van der Waals surface area (Å²) in [5.41, 5.74) is 1.79. The van der Waals surface area contributed by atoms with Crippen LogP contribution in [0.3, 0.4) is 0 Å². The average Bonchev–Trinajstić information content (AvgIpc) is 2.39. The summed E-state index contributed by atoms with van der Waals surface area (Å²) in [6, 6.07) is 7.20. The molecule has 1 fully saturated rings. The monoisotopic (exact) mass is 263 g/mol. The van der Waals surface area contributed by atoms with Crippen molar-refractivity contribution in [2.24, 2.45) is 5.41 Å². The molecule has 0 saturated heterocycles. The van der Waals surface area contributed by atoms with Gasteiger partial charge in [0, 0.05) is 12.0 Å². The summed E-state index contributed by atoms with van der Waals surface area (Å²) in [7, 11) is 0. The van der Waals surface area contributed by atoms with Crippen molar-refractivity contribution in [2.45, 2.75) is 51.9 Å². The lowest BCUT2D eigenvalue weighted by Gasteiger charge is -2.57. The molecule has 1 aromatic rings. The second-order valence-corrected chi connectivity index (χ2v) is 6.13. The van der Waals surface area contributed by atoms with Gasteiger partial charge in [0.2, 0.25) is 0 Å². The Morgan fingerprint density at radius 1 is 1.16 bits per heavy atom. The van der Waals surface area contributed by atoms with Gasteiger partial charge in [-0.3, -0.25) is 0 Å². The van der Waals surface area contributed by atoms with Crippen molar-refractivity contribution in [3.8, 4) is 0 Å². The van der Waals surface area contributed by atoms with Crippen LogP contribution in [0.25, 0.3) is 0 Å². The van der Waals surface area contributed by atoms with Crippen LogP contribution in [0.1, 0.15) is 52.0 Å². The zero-order valence-electron chi connectivity index (χ0n) is 12.4. The number of nitrogens with one attached hydrogen (secondary N) is 1. The number of benzene rings is 1. The van der Waals surface area contributed by atoms with E-state index in [9.17, 15) is 4.39 Å². The number of hydrogen-bond acceptors (Lipinski definition) is 1. The van der Waals surface area contributed by atoms with Gasteiger partial charge in [-0.1, -0.05) is 45.7 Å². The van der Waals surface area contributed by atoms with Crippen LogP contribution in [0.4, 0.5) is 4.39 Å². The van der Waals surface area contributed by atoms with E-state index in [-0.39, 0.29) is 11.2 Å². The van der Waals surface area contributed by atoms with E-state index in [0.717, 1.165) is 13.1 Å².